The lowest BCUT2D eigenvalue weighted by Gasteiger charge is -2.21. The lowest BCUT2D eigenvalue weighted by atomic mass is 10.3. The molecule has 4 heteroatoms. The average molecular weight is 266 g/mol. The third kappa shape index (κ3) is 6.38. The van der Waals surface area contributed by atoms with Gasteiger partial charge in [0.05, 0.1) is 0 Å². The molecule has 1 amide bonds. The van der Waals surface area contributed by atoms with Gasteiger partial charge in [-0.2, -0.15) is 0 Å². The maximum absolute atomic E-state index is 11.6. The summed E-state index contributed by atoms with van der Waals surface area (Å²) in [6.07, 6.45) is 2.17. The molecule has 0 N–H and O–H groups in total. The molecular weight excluding hydrogens is 246 g/mol. The Hall–Kier alpha value is -0.0900. The number of hydrogen-bond donors (Lipinski definition) is 0. The zero-order valence-electron chi connectivity index (χ0n) is 9.09. The SMILES string of the molecule is CCCCN(CCBr)C(=O)COCC. The molecule has 0 spiro atoms. The Balaban J connectivity index is 3.84. The third-order valence-corrected chi connectivity index (χ3v) is 2.27. The van der Waals surface area contributed by atoms with Crippen molar-refractivity contribution >= 4 is 21.8 Å². The van der Waals surface area contributed by atoms with E-state index in [2.05, 4.69) is 22.9 Å². The first-order valence-electron chi connectivity index (χ1n) is 5.17. The molecule has 0 aromatic rings. The molecule has 0 saturated carbocycles. The van der Waals surface area contributed by atoms with Crippen LogP contribution >= 0.6 is 15.9 Å². The molecule has 0 aromatic heterocycles. The Morgan fingerprint density at radius 1 is 1.36 bits per heavy atom. The maximum atomic E-state index is 11.6. The second-order valence-corrected chi connectivity index (χ2v) is 3.85. The first-order valence-corrected chi connectivity index (χ1v) is 6.29. The molecule has 0 rings (SSSR count). The minimum Gasteiger partial charge on any atom is -0.372 e. The summed E-state index contributed by atoms with van der Waals surface area (Å²) in [6, 6.07) is 0. The van der Waals surface area contributed by atoms with Crippen LogP contribution in [0.5, 0.6) is 0 Å². The number of nitrogens with zero attached hydrogens (tertiary/aromatic N) is 1. The zero-order valence-corrected chi connectivity index (χ0v) is 10.7. The van der Waals surface area contributed by atoms with Gasteiger partial charge in [0, 0.05) is 25.0 Å². The van der Waals surface area contributed by atoms with Crippen LogP contribution in [0.15, 0.2) is 0 Å². The maximum Gasteiger partial charge on any atom is 0.248 e. The molecule has 0 saturated heterocycles. The van der Waals surface area contributed by atoms with Gasteiger partial charge in [0.2, 0.25) is 5.91 Å². The van der Waals surface area contributed by atoms with Crippen LogP contribution in [-0.2, 0) is 9.53 Å². The van der Waals surface area contributed by atoms with Crippen LogP contribution in [0.2, 0.25) is 0 Å². The number of halogens is 1. The molecule has 0 heterocycles. The van der Waals surface area contributed by atoms with E-state index in [1.54, 1.807) is 0 Å². The van der Waals surface area contributed by atoms with Gasteiger partial charge in [-0.25, -0.2) is 0 Å². The van der Waals surface area contributed by atoms with E-state index in [-0.39, 0.29) is 12.5 Å². The number of carbonyl (C=O) groups excluding carboxylic acids is 1. The first kappa shape index (κ1) is 13.9. The fourth-order valence-electron chi connectivity index (χ4n) is 1.09. The van der Waals surface area contributed by atoms with Crippen molar-refractivity contribution in [2.75, 3.05) is 31.6 Å². The Morgan fingerprint density at radius 3 is 2.57 bits per heavy atom. The van der Waals surface area contributed by atoms with Crippen molar-refractivity contribution in [2.45, 2.75) is 26.7 Å². The van der Waals surface area contributed by atoms with Gasteiger partial charge in [0.15, 0.2) is 0 Å². The summed E-state index contributed by atoms with van der Waals surface area (Å²) in [5, 5.41) is 0.828. The highest BCUT2D eigenvalue weighted by atomic mass is 79.9. The molecule has 0 bridgehead atoms. The second kappa shape index (κ2) is 9.46. The number of hydrogen-bond acceptors (Lipinski definition) is 2. The number of rotatable bonds is 8. The molecular formula is C10H20BrNO2. The van der Waals surface area contributed by atoms with Gasteiger partial charge >= 0.3 is 0 Å². The van der Waals surface area contributed by atoms with Crippen LogP contribution < -0.4 is 0 Å². The average Bonchev–Trinajstić information content (AvgIpc) is 2.20. The number of ether oxygens (including phenoxy) is 1. The lowest BCUT2D eigenvalue weighted by molar-refractivity contribution is -0.135. The molecule has 0 aliphatic rings. The third-order valence-electron chi connectivity index (χ3n) is 1.92. The van der Waals surface area contributed by atoms with Crippen LogP contribution in [0.3, 0.4) is 0 Å². The van der Waals surface area contributed by atoms with E-state index in [9.17, 15) is 4.79 Å². The molecule has 3 nitrogen and oxygen atoms in total. The van der Waals surface area contributed by atoms with Gasteiger partial charge in [0.1, 0.15) is 6.61 Å². The van der Waals surface area contributed by atoms with Gasteiger partial charge in [-0.05, 0) is 13.3 Å². The Kier molecular flexibility index (Phi) is 9.40. The van der Waals surface area contributed by atoms with E-state index in [1.165, 1.54) is 0 Å². The monoisotopic (exact) mass is 265 g/mol. The predicted molar refractivity (Wildman–Crippen MR) is 61.8 cm³/mol. The molecule has 0 radical (unpaired) electrons. The van der Waals surface area contributed by atoms with Gasteiger partial charge in [-0.3, -0.25) is 4.79 Å². The van der Waals surface area contributed by atoms with Crippen LogP contribution in [0.4, 0.5) is 0 Å². The van der Waals surface area contributed by atoms with Crippen molar-refractivity contribution < 1.29 is 9.53 Å². The van der Waals surface area contributed by atoms with E-state index >= 15 is 0 Å². The van der Waals surface area contributed by atoms with E-state index in [4.69, 9.17) is 4.74 Å². The molecule has 0 unspecified atom stereocenters. The molecule has 0 fully saturated rings. The molecule has 84 valence electrons. The molecule has 0 aliphatic heterocycles. The molecule has 14 heavy (non-hydrogen) atoms. The fraction of sp³-hybridized carbons (Fsp3) is 0.900. The van der Waals surface area contributed by atoms with Gasteiger partial charge in [0.25, 0.3) is 0 Å². The summed E-state index contributed by atoms with van der Waals surface area (Å²) in [4.78, 5) is 13.4. The number of unbranched alkanes of at least 4 members (excludes halogenated alkanes) is 1. The van der Waals surface area contributed by atoms with E-state index in [0.29, 0.717) is 6.61 Å². The van der Waals surface area contributed by atoms with Crippen molar-refractivity contribution in [3.05, 3.63) is 0 Å². The number of carbonyl (C=O) groups is 1. The Bertz CT molecular complexity index is 153. The standard InChI is InChI=1S/C10H20BrNO2/c1-3-5-7-12(8-6-11)10(13)9-14-4-2/h3-9H2,1-2H3. The smallest absolute Gasteiger partial charge is 0.248 e. The summed E-state index contributed by atoms with van der Waals surface area (Å²) in [7, 11) is 0. The fourth-order valence-corrected chi connectivity index (χ4v) is 1.52. The number of alkyl halides is 1. The van der Waals surface area contributed by atoms with Gasteiger partial charge < -0.3 is 9.64 Å². The quantitative estimate of drug-likeness (QED) is 0.629. The van der Waals surface area contributed by atoms with Gasteiger partial charge in [-0.1, -0.05) is 29.3 Å². The predicted octanol–water partition coefficient (Wildman–Crippen LogP) is 2.05. The highest BCUT2D eigenvalue weighted by molar-refractivity contribution is 9.09. The summed E-state index contributed by atoms with van der Waals surface area (Å²) >= 11 is 3.34. The van der Waals surface area contributed by atoms with Crippen molar-refractivity contribution in [3.63, 3.8) is 0 Å². The Labute approximate surface area is 94.9 Å². The van der Waals surface area contributed by atoms with Crippen molar-refractivity contribution in [1.29, 1.82) is 0 Å². The number of amides is 1. The Morgan fingerprint density at radius 2 is 2.07 bits per heavy atom. The first-order chi connectivity index (χ1) is 6.76. The topological polar surface area (TPSA) is 29.5 Å². The minimum atomic E-state index is 0.0970. The summed E-state index contributed by atoms with van der Waals surface area (Å²) < 4.78 is 5.10. The van der Waals surface area contributed by atoms with E-state index in [0.717, 1.165) is 31.3 Å². The minimum absolute atomic E-state index is 0.0970. The van der Waals surface area contributed by atoms with Crippen molar-refractivity contribution in [1.82, 2.24) is 4.90 Å². The van der Waals surface area contributed by atoms with Crippen LogP contribution in [0.1, 0.15) is 26.7 Å². The normalized spacial score (nSPS) is 10.2. The zero-order chi connectivity index (χ0) is 10.8. The van der Waals surface area contributed by atoms with Crippen LogP contribution in [0.25, 0.3) is 0 Å². The van der Waals surface area contributed by atoms with E-state index in [1.807, 2.05) is 11.8 Å². The largest absolute Gasteiger partial charge is 0.372 e. The van der Waals surface area contributed by atoms with Crippen LogP contribution in [0, 0.1) is 0 Å². The van der Waals surface area contributed by atoms with Gasteiger partial charge in [-0.15, -0.1) is 0 Å². The summed E-state index contributed by atoms with van der Waals surface area (Å²) in [5.74, 6) is 0.0970. The molecule has 0 aliphatic carbocycles. The lowest BCUT2D eigenvalue weighted by Crippen LogP contribution is -2.36. The highest BCUT2D eigenvalue weighted by Gasteiger charge is 2.11. The second-order valence-electron chi connectivity index (χ2n) is 3.06. The molecule has 0 aromatic carbocycles. The molecule has 0 atom stereocenters. The highest BCUT2D eigenvalue weighted by Crippen LogP contribution is 1.98. The van der Waals surface area contributed by atoms with Crippen LogP contribution in [-0.4, -0.2) is 42.4 Å². The summed E-state index contributed by atoms with van der Waals surface area (Å²) in [5.41, 5.74) is 0. The summed E-state index contributed by atoms with van der Waals surface area (Å²) in [6.45, 7) is 6.45. The van der Waals surface area contributed by atoms with Crippen molar-refractivity contribution in [2.24, 2.45) is 0 Å². The van der Waals surface area contributed by atoms with Crippen molar-refractivity contribution in [3.8, 4) is 0 Å². The van der Waals surface area contributed by atoms with E-state index < -0.39 is 0 Å².